The number of likely N-dealkylation sites (tertiary alicyclic amines) is 2. The van der Waals surface area contributed by atoms with Gasteiger partial charge in [0, 0.05) is 98.3 Å². The molecule has 4 aromatic heterocycles. The van der Waals surface area contributed by atoms with Gasteiger partial charge in [-0.05, 0) is 178 Å². The van der Waals surface area contributed by atoms with E-state index in [0.717, 1.165) is 50.0 Å². The molecule has 0 spiro atoms. The third-order valence-corrected chi connectivity index (χ3v) is 29.8. The first-order valence-electron chi connectivity index (χ1n) is 45.8. The van der Waals surface area contributed by atoms with Crippen molar-refractivity contribution < 1.29 is 93.6 Å². The SMILES string of the molecule is C.CC[C@@H]1C[C@]1(CC(=O)[C@@H]1C[C@@H](Oc2cc(-n3ccc(CC(C)C)n3)nc3c(Cl)c(OCCOC)ccc23)CN1C(=O)[C@@H](CC(=O)OC1C[C@@H]2C[C@@H]2C1)C(C)(C)C)C(=O)OC.CC[C@@H]1C[C@]1(CC(=O)[C@@H]1C[C@H](OS(=O)(=O)c2ccc(Br)cc2)CN1C(=O)[C@@H](CC(=O)OC1C[C@@H]2C[C@@H]2C1)C(C)(C)C)C(=O)OC.COCCOc1ccc2c(=O)cc(-n3ccc(NC(C)C)n3)[nH]c2c1Cl. The van der Waals surface area contributed by atoms with E-state index in [9.17, 15) is 51.6 Å². The van der Waals surface area contributed by atoms with Gasteiger partial charge in [0.15, 0.2) is 22.8 Å². The molecular weight excluding hydrogens is 1820 g/mol. The van der Waals surface area contributed by atoms with E-state index < -0.39 is 97.7 Å². The number of hydrogen-bond acceptors (Lipinski definition) is 25. The zero-order valence-electron chi connectivity index (χ0n) is 77.8. The predicted octanol–water partition coefficient (Wildman–Crippen LogP) is 16.5. The highest BCUT2D eigenvalue weighted by Gasteiger charge is 2.64. The Morgan fingerprint density at radius 2 is 1.08 bits per heavy atom. The van der Waals surface area contributed by atoms with Crippen LogP contribution in [0.4, 0.5) is 5.82 Å². The lowest BCUT2D eigenvalue weighted by Crippen LogP contribution is -2.48. The number of ether oxygens (including phenoxy) is 9. The van der Waals surface area contributed by atoms with Gasteiger partial charge in [-0.25, -0.2) is 14.3 Å². The summed E-state index contributed by atoms with van der Waals surface area (Å²) in [5.41, 5.74) is -1.46. The molecule has 15 rings (SSSR count). The van der Waals surface area contributed by atoms with Crippen molar-refractivity contribution >= 4 is 124 Å². The van der Waals surface area contributed by atoms with Crippen molar-refractivity contribution in [1.29, 1.82) is 0 Å². The average Bonchev–Trinajstić information content (AvgIpc) is 1.57. The molecule has 2 aliphatic heterocycles. The molecule has 34 heteroatoms. The molecule has 0 bridgehead atoms. The Morgan fingerprint density at radius 1 is 0.591 bits per heavy atom. The first-order valence-corrected chi connectivity index (χ1v) is 48.7. The fourth-order valence-electron chi connectivity index (χ4n) is 19.6. The van der Waals surface area contributed by atoms with Crippen LogP contribution in [0.2, 0.25) is 10.0 Å². The molecular formula is C98H130BrCl2N9O21S. The number of ketones is 2. The number of aromatic amines is 1. The number of rotatable bonds is 37. The fourth-order valence-corrected chi connectivity index (χ4v) is 21.5. The minimum absolute atomic E-state index is 0. The third kappa shape index (κ3) is 23.9. The van der Waals surface area contributed by atoms with Crippen LogP contribution in [0.1, 0.15) is 199 Å². The van der Waals surface area contributed by atoms with Crippen LogP contribution in [0.25, 0.3) is 33.4 Å². The van der Waals surface area contributed by atoms with E-state index in [4.69, 9.17) is 80.1 Å². The van der Waals surface area contributed by atoms with Crippen molar-refractivity contribution in [2.45, 2.75) is 247 Å². The zero-order valence-corrected chi connectivity index (χ0v) is 81.7. The van der Waals surface area contributed by atoms with E-state index in [-0.39, 0.29) is 124 Å². The first kappa shape index (κ1) is 102. The number of methoxy groups -OCH3 is 4. The van der Waals surface area contributed by atoms with Gasteiger partial charge >= 0.3 is 23.9 Å². The summed E-state index contributed by atoms with van der Waals surface area (Å²) in [4.78, 5) is 134. The number of pyridine rings is 2. The fraction of sp³-hybridized carbons (Fsp3) is 0.612. The normalized spacial score (nSPS) is 24.8. The monoisotopic (exact) mass is 1950 g/mol. The van der Waals surface area contributed by atoms with Crippen molar-refractivity contribution in [3.05, 3.63) is 116 Å². The number of anilines is 1. The number of nitrogens with one attached hydrogen (secondary N) is 2. The van der Waals surface area contributed by atoms with Crippen LogP contribution in [0.3, 0.4) is 0 Å². The standard InChI is InChI=1S/C46H61ClN4O9.C33H44BrNO9S.C18H21ClN4O3.CH4/c1-9-29-23-46(29,44(55)57-8)24-36(52)35-20-32(25-50(35)43(54)34(45(4,5)6)21-40(53)60-31-18-27-17-28(27)19-31)59-38-22-39(51-13-12-30(49-51)16-26(2)3)48-42-33(38)10-11-37(41(42)47)58-15-14-56-7;1-6-21-16-33(21,31(39)42-5)17-28(36)27-14-24(44-45(40,41)25-9-7-22(34)8-10-25)18-35(27)30(38)26(32(2,3)4)15-29(37)43-23-12-19-11-20(19)13-23;1-11(2)20-15-6-7-23(22-15)16-10-13(24)12-4-5-14(26-9-8-25-3)17(19)18(12)21-16;/h10-13,22,26-29,31-32,34-35H,9,14-21,23-25H2,1-8H3;7-10,19-21,23-24,26-27H,6,11-18H2,1-5H3;4-7,10-11H,8-9H2,1-3H3,(H,20,22)(H,21,24);1H4/t27-,28+,29-,31?,32-,34-,35+,46-;19-,20+,21-,23?,24+,26-,27+,33-;;/m11../s1. The molecule has 2 unspecified atom stereocenters. The van der Waals surface area contributed by atoms with Gasteiger partial charge < -0.3 is 62.7 Å². The van der Waals surface area contributed by atoms with Crippen LogP contribution in [-0.2, 0) is 87.5 Å². The van der Waals surface area contributed by atoms with Gasteiger partial charge in [0.1, 0.15) is 70.5 Å². The molecule has 7 aromatic rings. The van der Waals surface area contributed by atoms with Crippen LogP contribution < -0.4 is 25.0 Å². The molecule has 16 atom stereocenters. The van der Waals surface area contributed by atoms with E-state index >= 15 is 0 Å². The van der Waals surface area contributed by atoms with E-state index in [1.165, 1.54) is 50.2 Å². The molecule has 2 N–H and O–H groups in total. The van der Waals surface area contributed by atoms with Crippen LogP contribution in [0.15, 0.2) is 99.4 Å². The van der Waals surface area contributed by atoms with E-state index in [1.54, 1.807) is 71.1 Å². The maximum absolute atomic E-state index is 14.9. The van der Waals surface area contributed by atoms with E-state index in [2.05, 4.69) is 45.2 Å². The summed E-state index contributed by atoms with van der Waals surface area (Å²) < 4.78 is 86.5. The number of Topliss-reactive ketones (excluding diaryl/α,β-unsaturated/α-hetero) is 2. The zero-order chi connectivity index (χ0) is 94.7. The number of benzene rings is 3. The van der Waals surface area contributed by atoms with Crippen LogP contribution >= 0.6 is 39.1 Å². The number of fused-ring (bicyclic) bond motifs is 4. The number of halogens is 3. The number of aromatic nitrogens is 6. The summed E-state index contributed by atoms with van der Waals surface area (Å²) in [5.74, 6) is 1.42. The summed E-state index contributed by atoms with van der Waals surface area (Å²) >= 11 is 16.7. The smallest absolute Gasteiger partial charge is 0.312 e. The second-order valence-corrected chi connectivity index (χ2v) is 42.8. The molecule has 6 heterocycles. The minimum atomic E-state index is -4.21. The Bertz CT molecular complexity index is 5520. The number of H-pyrrole nitrogens is 1. The van der Waals surface area contributed by atoms with E-state index in [0.29, 0.717) is 134 Å². The summed E-state index contributed by atoms with van der Waals surface area (Å²) in [7, 11) is 1.62. The molecule has 720 valence electrons. The van der Waals surface area contributed by atoms with Gasteiger partial charge in [-0.15, -0.1) is 5.10 Å². The second-order valence-electron chi connectivity index (χ2n) is 39.5. The summed E-state index contributed by atoms with van der Waals surface area (Å²) in [6.45, 7) is 25.0. The van der Waals surface area contributed by atoms with Crippen molar-refractivity contribution in [1.82, 2.24) is 39.3 Å². The lowest BCUT2D eigenvalue weighted by molar-refractivity contribution is -0.157. The van der Waals surface area contributed by atoms with Crippen LogP contribution in [0, 0.1) is 74.9 Å². The van der Waals surface area contributed by atoms with Gasteiger partial charge in [0.2, 0.25) is 11.8 Å². The molecule has 8 fully saturated rings. The topological polar surface area (TPSA) is 363 Å². The molecule has 3 aromatic carbocycles. The molecule has 2 saturated heterocycles. The number of carbonyl (C=O) groups excluding carboxylic acids is 8. The largest absolute Gasteiger partial charge is 0.490 e. The minimum Gasteiger partial charge on any atom is -0.490 e. The molecule has 30 nitrogen and oxygen atoms in total. The molecule has 6 saturated carbocycles. The Labute approximate surface area is 791 Å². The molecule has 6 aliphatic carbocycles. The molecule has 132 heavy (non-hydrogen) atoms. The van der Waals surface area contributed by atoms with Crippen molar-refractivity contribution in [3.63, 3.8) is 0 Å². The van der Waals surface area contributed by atoms with E-state index in [1.807, 2.05) is 93.6 Å². The predicted molar refractivity (Wildman–Crippen MR) is 502 cm³/mol. The Kier molecular flexibility index (Phi) is 32.8. The highest BCUT2D eigenvalue weighted by molar-refractivity contribution is 9.10. The maximum atomic E-state index is 14.9. The summed E-state index contributed by atoms with van der Waals surface area (Å²) in [6.07, 6.45) is 10.6. The van der Waals surface area contributed by atoms with Crippen LogP contribution in [0.5, 0.6) is 17.2 Å². The highest BCUT2D eigenvalue weighted by atomic mass is 79.9. The van der Waals surface area contributed by atoms with Crippen molar-refractivity contribution in [2.75, 3.05) is 73.3 Å². The second kappa shape index (κ2) is 42.5. The van der Waals surface area contributed by atoms with Gasteiger partial charge in [-0.2, -0.15) is 13.5 Å². The lowest BCUT2D eigenvalue weighted by Gasteiger charge is -2.35. The quantitative estimate of drug-likeness (QED) is 0.0158. The van der Waals surface area contributed by atoms with Gasteiger partial charge in [0.05, 0.1) is 109 Å². The van der Waals surface area contributed by atoms with Crippen LogP contribution in [-0.4, -0.2) is 206 Å². The summed E-state index contributed by atoms with van der Waals surface area (Å²) in [6, 6.07) is 18.4. The van der Waals surface area contributed by atoms with Gasteiger partial charge in [-0.3, -0.25) is 47.3 Å². The Morgan fingerprint density at radius 3 is 1.56 bits per heavy atom. The number of esters is 4. The first-order chi connectivity index (χ1) is 62.1. The number of hydrogen-bond donors (Lipinski definition) is 2. The van der Waals surface area contributed by atoms with Gasteiger partial charge in [0.25, 0.3) is 10.1 Å². The number of nitrogens with zero attached hydrogens (tertiary/aromatic N) is 7. The lowest BCUT2D eigenvalue weighted by atomic mass is 9.77. The maximum Gasteiger partial charge on any atom is 0.312 e. The highest BCUT2D eigenvalue weighted by Crippen LogP contribution is 2.60. The van der Waals surface area contributed by atoms with Crippen molar-refractivity contribution in [3.8, 4) is 28.9 Å². The molecule has 2 amide bonds. The summed E-state index contributed by atoms with van der Waals surface area (Å²) in [5, 5.41) is 14.2. The molecule has 8 aliphatic rings. The third-order valence-electron chi connectivity index (χ3n) is 27.1. The van der Waals surface area contributed by atoms with Crippen molar-refractivity contribution in [2.24, 2.45) is 74.9 Å². The number of carbonyl (C=O) groups is 8. The number of amides is 2. The van der Waals surface area contributed by atoms with Gasteiger partial charge in [-0.1, -0.05) is 129 Å². The Hall–Kier alpha value is -9.05. The average molecular weight is 1950 g/mol. The molecule has 0 radical (unpaired) electrons. The Balaban J connectivity index is 0.000000192.